The maximum absolute atomic E-state index is 10.6. The van der Waals surface area contributed by atoms with Gasteiger partial charge < -0.3 is 25.0 Å². The van der Waals surface area contributed by atoms with Gasteiger partial charge in [0, 0.05) is 0 Å². The molecule has 0 bridgehead atoms. The number of halogens is 1. The lowest BCUT2D eigenvalue weighted by atomic mass is 10.1. The van der Waals surface area contributed by atoms with Gasteiger partial charge in [-0.2, -0.15) is 0 Å². The number of hydrogen-bond donors (Lipinski definition) is 3. The standard InChI is InChI=1S/C10H11BrN5O5PS/c11-10-15-4-7(12)13-2-14-8(4)16(10)9-5(17)6-3(20-9)1-19-22(18,23)21-6/h2-3,5-6,9,17H,1H2,(H,18,23)(H2,12,13,14). The van der Waals surface area contributed by atoms with Crippen LogP contribution in [0.3, 0.4) is 0 Å². The number of fused-ring (bicyclic) bond motifs is 2. The van der Waals surface area contributed by atoms with E-state index in [2.05, 4.69) is 30.9 Å². The number of imidazole rings is 1. The average Bonchev–Trinajstić information content (AvgIpc) is 2.97. The van der Waals surface area contributed by atoms with Gasteiger partial charge in [-0.25, -0.2) is 15.0 Å². The first-order valence-corrected chi connectivity index (χ1v) is 9.89. The van der Waals surface area contributed by atoms with Crippen LogP contribution in [0.2, 0.25) is 0 Å². The second-order valence-corrected chi connectivity index (χ2v) is 8.57. The van der Waals surface area contributed by atoms with Gasteiger partial charge in [0.1, 0.15) is 24.6 Å². The number of ether oxygens (including phenoxy) is 1. The molecule has 0 saturated carbocycles. The molecule has 4 N–H and O–H groups in total. The fourth-order valence-corrected chi connectivity index (χ4v) is 4.67. The Kier molecular flexibility index (Phi) is 3.70. The molecule has 4 rings (SSSR count). The predicted octanol–water partition coefficient (Wildman–Crippen LogP) is 0.0615. The second-order valence-electron chi connectivity index (χ2n) is 5.07. The molecule has 2 fully saturated rings. The van der Waals surface area contributed by atoms with Gasteiger partial charge in [-0.1, -0.05) is 0 Å². The molecule has 0 spiro atoms. The summed E-state index contributed by atoms with van der Waals surface area (Å²) in [7, 11) is 0. The van der Waals surface area contributed by atoms with E-state index in [0.29, 0.717) is 15.9 Å². The van der Waals surface area contributed by atoms with E-state index in [0.717, 1.165) is 0 Å². The van der Waals surface area contributed by atoms with E-state index in [9.17, 15) is 10.00 Å². The normalized spacial score (nSPS) is 37.2. The highest BCUT2D eigenvalue weighted by atomic mass is 79.9. The Morgan fingerprint density at radius 3 is 3.04 bits per heavy atom. The number of anilines is 1. The molecule has 5 unspecified atom stereocenters. The van der Waals surface area contributed by atoms with Crippen LogP contribution < -0.4 is 5.73 Å². The zero-order valence-electron chi connectivity index (χ0n) is 11.3. The zero-order chi connectivity index (χ0) is 16.4. The van der Waals surface area contributed by atoms with Crippen molar-refractivity contribution in [3.05, 3.63) is 11.1 Å². The number of nitrogens with zero attached hydrogens (tertiary/aromatic N) is 4. The van der Waals surface area contributed by atoms with Crippen molar-refractivity contribution >= 4 is 51.4 Å². The molecule has 2 aromatic heterocycles. The van der Waals surface area contributed by atoms with E-state index in [4.69, 9.17) is 31.3 Å². The van der Waals surface area contributed by atoms with E-state index >= 15 is 0 Å². The molecule has 23 heavy (non-hydrogen) atoms. The van der Waals surface area contributed by atoms with Gasteiger partial charge in [0.2, 0.25) is 0 Å². The molecule has 2 saturated heterocycles. The van der Waals surface area contributed by atoms with Crippen molar-refractivity contribution in [3.63, 3.8) is 0 Å². The molecular weight excluding hydrogens is 413 g/mol. The lowest BCUT2D eigenvalue weighted by Crippen LogP contribution is -2.39. The summed E-state index contributed by atoms with van der Waals surface area (Å²) in [6.07, 6.45) is -2.02. The first-order valence-electron chi connectivity index (χ1n) is 6.50. The molecule has 10 nitrogen and oxygen atoms in total. The highest BCUT2D eigenvalue weighted by Crippen LogP contribution is 2.53. The van der Waals surface area contributed by atoms with Gasteiger partial charge in [0.05, 0.1) is 6.61 Å². The van der Waals surface area contributed by atoms with Crippen molar-refractivity contribution in [2.45, 2.75) is 24.5 Å². The van der Waals surface area contributed by atoms with E-state index in [1.54, 1.807) is 4.57 Å². The summed E-state index contributed by atoms with van der Waals surface area (Å²) < 4.78 is 18.1. The largest absolute Gasteiger partial charge is 0.386 e. The molecule has 2 aliphatic rings. The molecule has 124 valence electrons. The number of aliphatic hydroxyl groups excluding tert-OH is 1. The molecule has 4 heterocycles. The molecule has 2 aromatic rings. The summed E-state index contributed by atoms with van der Waals surface area (Å²) >= 11 is 8.13. The van der Waals surface area contributed by atoms with Crippen molar-refractivity contribution < 1.29 is 23.8 Å². The molecule has 0 amide bonds. The monoisotopic (exact) mass is 423 g/mol. The minimum atomic E-state index is -3.35. The maximum Gasteiger partial charge on any atom is 0.325 e. The summed E-state index contributed by atoms with van der Waals surface area (Å²) in [4.78, 5) is 22.0. The van der Waals surface area contributed by atoms with Crippen molar-refractivity contribution in [2.75, 3.05) is 12.3 Å². The molecule has 5 atom stereocenters. The maximum atomic E-state index is 10.6. The fourth-order valence-electron chi connectivity index (χ4n) is 2.67. The first kappa shape index (κ1) is 15.8. The van der Waals surface area contributed by atoms with Gasteiger partial charge in [-0.15, -0.1) is 0 Å². The summed E-state index contributed by atoms with van der Waals surface area (Å²) in [6.45, 7) is -3.32. The quantitative estimate of drug-likeness (QED) is 0.426. The lowest BCUT2D eigenvalue weighted by molar-refractivity contribution is -0.0600. The van der Waals surface area contributed by atoms with Crippen LogP contribution in [0.1, 0.15) is 6.23 Å². The topological polar surface area (TPSA) is 138 Å². The molecule has 0 aromatic carbocycles. The van der Waals surface area contributed by atoms with Crippen LogP contribution in [0, 0.1) is 0 Å². The fraction of sp³-hybridized carbons (Fsp3) is 0.500. The van der Waals surface area contributed by atoms with Gasteiger partial charge in [0.25, 0.3) is 0 Å². The van der Waals surface area contributed by atoms with Crippen LogP contribution in [-0.2, 0) is 25.6 Å². The Hall–Kier alpha value is -0.720. The van der Waals surface area contributed by atoms with Crippen molar-refractivity contribution in [1.29, 1.82) is 0 Å². The van der Waals surface area contributed by atoms with Crippen LogP contribution in [0.5, 0.6) is 0 Å². The highest BCUT2D eigenvalue weighted by Gasteiger charge is 2.51. The highest BCUT2D eigenvalue weighted by molar-refractivity contribution is 9.10. The summed E-state index contributed by atoms with van der Waals surface area (Å²) in [5.74, 6) is 0.213. The van der Waals surface area contributed by atoms with E-state index < -0.39 is 31.3 Å². The second kappa shape index (κ2) is 5.39. The number of rotatable bonds is 1. The third-order valence-corrected chi connectivity index (χ3v) is 5.80. The van der Waals surface area contributed by atoms with Gasteiger partial charge in [-0.05, 0) is 27.7 Å². The Labute approximate surface area is 143 Å². The summed E-state index contributed by atoms with van der Waals surface area (Å²) in [5, 5.41) is 10.6. The minimum absolute atomic E-state index is 0.0351. The average molecular weight is 424 g/mol. The van der Waals surface area contributed by atoms with Crippen LogP contribution in [0.15, 0.2) is 11.1 Å². The zero-order valence-corrected chi connectivity index (χ0v) is 14.6. The van der Waals surface area contributed by atoms with Crippen LogP contribution >= 0.6 is 22.6 Å². The van der Waals surface area contributed by atoms with Crippen LogP contribution in [-0.4, -0.2) is 54.4 Å². The Balaban J connectivity index is 1.76. The molecular formula is C10H11BrN5O5PS. The van der Waals surface area contributed by atoms with Crippen molar-refractivity contribution in [1.82, 2.24) is 19.5 Å². The van der Waals surface area contributed by atoms with Crippen LogP contribution in [0.4, 0.5) is 5.82 Å². The van der Waals surface area contributed by atoms with Gasteiger partial charge in [-0.3, -0.25) is 9.09 Å². The van der Waals surface area contributed by atoms with Gasteiger partial charge in [0.15, 0.2) is 27.9 Å². The molecule has 2 aliphatic heterocycles. The lowest BCUT2D eigenvalue weighted by Gasteiger charge is -2.30. The van der Waals surface area contributed by atoms with Crippen LogP contribution in [0.25, 0.3) is 11.2 Å². The Morgan fingerprint density at radius 2 is 2.26 bits per heavy atom. The SMILES string of the molecule is Nc1ncnc2c1nc(Br)n2C1OC2COP(O)(=S)OC2C1O. The van der Waals surface area contributed by atoms with E-state index in [-0.39, 0.29) is 12.4 Å². The summed E-state index contributed by atoms with van der Waals surface area (Å²) in [5.41, 5.74) is 6.57. The van der Waals surface area contributed by atoms with E-state index in [1.807, 2.05) is 0 Å². The third kappa shape index (κ3) is 2.50. The van der Waals surface area contributed by atoms with E-state index in [1.165, 1.54) is 6.33 Å². The smallest absolute Gasteiger partial charge is 0.325 e. The number of hydrogen-bond acceptors (Lipinski definition) is 9. The molecule has 0 radical (unpaired) electrons. The van der Waals surface area contributed by atoms with Gasteiger partial charge >= 0.3 is 6.72 Å². The first-order chi connectivity index (χ1) is 10.9. The number of aromatic nitrogens is 4. The Morgan fingerprint density at radius 1 is 1.48 bits per heavy atom. The number of nitrogens with two attached hydrogens (primary N) is 1. The van der Waals surface area contributed by atoms with Crippen molar-refractivity contribution in [2.24, 2.45) is 0 Å². The molecule has 0 aliphatic carbocycles. The number of aliphatic hydroxyl groups is 1. The predicted molar refractivity (Wildman–Crippen MR) is 84.7 cm³/mol. The number of nitrogen functional groups attached to an aromatic ring is 1. The molecule has 13 heteroatoms. The summed E-state index contributed by atoms with van der Waals surface area (Å²) in [6, 6.07) is 0. The third-order valence-electron chi connectivity index (χ3n) is 3.68. The Bertz CT molecular complexity index is 835. The minimum Gasteiger partial charge on any atom is -0.386 e. The van der Waals surface area contributed by atoms with Crippen molar-refractivity contribution in [3.8, 4) is 0 Å².